The van der Waals surface area contributed by atoms with Crippen LogP contribution in [-0.4, -0.2) is 35.9 Å². The summed E-state index contributed by atoms with van der Waals surface area (Å²) in [5.41, 5.74) is 0. The minimum absolute atomic E-state index is 0.126. The van der Waals surface area contributed by atoms with Gasteiger partial charge in [-0.25, -0.2) is 0 Å². The van der Waals surface area contributed by atoms with Crippen molar-refractivity contribution >= 4 is 29.1 Å². The first-order valence-electron chi connectivity index (χ1n) is 4.22. The molecule has 0 saturated heterocycles. The number of aromatic amines is 1. The van der Waals surface area contributed by atoms with Crippen LogP contribution in [0.25, 0.3) is 0 Å². The molecular weight excluding hydrogens is 238 g/mol. The molecule has 2 rings (SSSR count). The lowest BCUT2D eigenvalue weighted by molar-refractivity contribution is 0.735. The van der Waals surface area contributed by atoms with Crippen LogP contribution in [0.5, 0.6) is 0 Å². The Hall–Kier alpha value is -1.28. The van der Waals surface area contributed by atoms with Gasteiger partial charge in [0.25, 0.3) is 0 Å². The smallest absolute Gasteiger partial charge is 0.186 e. The predicted octanol–water partition coefficient (Wildman–Crippen LogP) is 0.920. The molecule has 0 saturated carbocycles. The monoisotopic (exact) mass is 245 g/mol. The summed E-state index contributed by atoms with van der Waals surface area (Å²) in [6, 6.07) is 0. The van der Waals surface area contributed by atoms with Crippen molar-refractivity contribution in [1.82, 2.24) is 29.4 Å². The van der Waals surface area contributed by atoms with Crippen molar-refractivity contribution in [3.8, 4) is 0 Å². The number of hydrogen-bond acceptors (Lipinski definition) is 7. The molecule has 15 heavy (non-hydrogen) atoms. The summed E-state index contributed by atoms with van der Waals surface area (Å²) < 4.78 is 7.83. The summed E-state index contributed by atoms with van der Waals surface area (Å²) in [7, 11) is 0. The maximum atomic E-state index is 5.77. The van der Waals surface area contributed by atoms with Crippen LogP contribution in [-0.2, 0) is 0 Å². The summed E-state index contributed by atoms with van der Waals surface area (Å²) in [4.78, 5) is 0. The van der Waals surface area contributed by atoms with Gasteiger partial charge < -0.3 is 5.32 Å². The van der Waals surface area contributed by atoms with Crippen LogP contribution >= 0.6 is 23.3 Å². The van der Waals surface area contributed by atoms with Crippen molar-refractivity contribution < 1.29 is 0 Å². The third-order valence-electron chi connectivity index (χ3n) is 1.83. The Kier molecular flexibility index (Phi) is 3.07. The van der Waals surface area contributed by atoms with E-state index in [1.165, 1.54) is 0 Å². The number of aromatic nitrogens is 6. The normalized spacial score (nSPS) is 12.7. The van der Waals surface area contributed by atoms with Crippen LogP contribution in [0.1, 0.15) is 18.7 Å². The van der Waals surface area contributed by atoms with E-state index < -0.39 is 0 Å². The van der Waals surface area contributed by atoms with Crippen LogP contribution in [0, 0.1) is 0 Å². The largest absolute Gasteiger partial charge is 0.366 e. The summed E-state index contributed by atoms with van der Waals surface area (Å²) in [5, 5.41) is 17.1. The molecule has 2 N–H and O–H groups in total. The van der Waals surface area contributed by atoms with Gasteiger partial charge >= 0.3 is 0 Å². The molecule has 1 atom stereocenters. The summed E-state index contributed by atoms with van der Waals surface area (Å²) in [6.45, 7) is 2.61. The molecular formula is C6H8ClN7S. The molecule has 2 heterocycles. The highest BCUT2D eigenvalue weighted by molar-refractivity contribution is 6.99. The van der Waals surface area contributed by atoms with Crippen molar-refractivity contribution in [3.05, 3.63) is 11.0 Å². The lowest BCUT2D eigenvalue weighted by atomic mass is 10.2. The van der Waals surface area contributed by atoms with E-state index in [1.54, 1.807) is 0 Å². The first kappa shape index (κ1) is 10.2. The highest BCUT2D eigenvalue weighted by atomic mass is 35.5. The number of H-pyrrole nitrogens is 1. The summed E-state index contributed by atoms with van der Waals surface area (Å²) in [5.74, 6) is 1.38. The number of nitrogens with one attached hydrogen (secondary N) is 2. The topological polar surface area (TPSA) is 92.3 Å². The molecule has 2 aromatic heterocycles. The van der Waals surface area contributed by atoms with Gasteiger partial charge in [0.05, 0.1) is 11.7 Å². The quantitative estimate of drug-likeness (QED) is 0.832. The van der Waals surface area contributed by atoms with Crippen LogP contribution < -0.4 is 5.32 Å². The third kappa shape index (κ3) is 2.39. The van der Waals surface area contributed by atoms with Gasteiger partial charge in [-0.05, 0) is 0 Å². The molecule has 0 aromatic carbocycles. The van der Waals surface area contributed by atoms with Crippen molar-refractivity contribution in [1.29, 1.82) is 0 Å². The Morgan fingerprint density at radius 3 is 3.00 bits per heavy atom. The van der Waals surface area contributed by atoms with Gasteiger partial charge in [0.2, 0.25) is 0 Å². The van der Waals surface area contributed by atoms with E-state index in [0.29, 0.717) is 23.3 Å². The first-order chi connectivity index (χ1) is 7.27. The van der Waals surface area contributed by atoms with Crippen LogP contribution in [0.4, 0.5) is 5.82 Å². The van der Waals surface area contributed by atoms with Crippen molar-refractivity contribution in [2.75, 3.05) is 11.9 Å². The van der Waals surface area contributed by atoms with Crippen LogP contribution in [0.3, 0.4) is 0 Å². The lowest BCUT2D eigenvalue weighted by Gasteiger charge is -2.07. The maximum Gasteiger partial charge on any atom is 0.186 e. The Morgan fingerprint density at radius 2 is 2.40 bits per heavy atom. The SMILES string of the molecule is CC(CNc1nsnc1Cl)c1nn[nH]n1. The molecule has 0 aliphatic heterocycles. The molecule has 0 amide bonds. The molecule has 0 bridgehead atoms. The molecule has 0 aliphatic carbocycles. The van der Waals surface area contributed by atoms with Crippen LogP contribution in [0.15, 0.2) is 0 Å². The van der Waals surface area contributed by atoms with Gasteiger partial charge in [0, 0.05) is 12.5 Å². The van der Waals surface area contributed by atoms with E-state index in [0.717, 1.165) is 11.7 Å². The van der Waals surface area contributed by atoms with Gasteiger partial charge in [-0.3, -0.25) is 0 Å². The minimum Gasteiger partial charge on any atom is -0.366 e. The van der Waals surface area contributed by atoms with E-state index in [9.17, 15) is 0 Å². The zero-order valence-corrected chi connectivity index (χ0v) is 9.38. The second-order valence-electron chi connectivity index (χ2n) is 2.96. The molecule has 9 heteroatoms. The van der Waals surface area contributed by atoms with Crippen molar-refractivity contribution in [3.63, 3.8) is 0 Å². The van der Waals surface area contributed by atoms with Gasteiger partial charge in [0.1, 0.15) is 0 Å². The van der Waals surface area contributed by atoms with Gasteiger partial charge in [-0.15, -0.1) is 10.2 Å². The highest BCUT2D eigenvalue weighted by Crippen LogP contribution is 2.19. The lowest BCUT2D eigenvalue weighted by Crippen LogP contribution is -2.11. The maximum absolute atomic E-state index is 5.77. The number of hydrogen-bond donors (Lipinski definition) is 2. The van der Waals surface area contributed by atoms with E-state index in [-0.39, 0.29) is 5.92 Å². The van der Waals surface area contributed by atoms with Crippen molar-refractivity contribution in [2.24, 2.45) is 0 Å². The number of halogens is 1. The Balaban J connectivity index is 1.91. The van der Waals surface area contributed by atoms with E-state index in [2.05, 4.69) is 34.7 Å². The number of tetrazole rings is 1. The zero-order valence-electron chi connectivity index (χ0n) is 7.81. The Bertz CT molecular complexity index is 413. The Morgan fingerprint density at radius 1 is 1.53 bits per heavy atom. The Labute approximate surface area is 94.6 Å². The van der Waals surface area contributed by atoms with Gasteiger partial charge in [-0.1, -0.05) is 23.7 Å². The second-order valence-corrected chi connectivity index (χ2v) is 3.84. The zero-order chi connectivity index (χ0) is 10.7. The highest BCUT2D eigenvalue weighted by Gasteiger charge is 2.12. The first-order valence-corrected chi connectivity index (χ1v) is 5.33. The summed E-state index contributed by atoms with van der Waals surface area (Å²) in [6.07, 6.45) is 0. The predicted molar refractivity (Wildman–Crippen MR) is 56.0 cm³/mol. The minimum atomic E-state index is 0.126. The molecule has 2 aromatic rings. The molecule has 0 spiro atoms. The standard InChI is InChI=1S/C6H8ClN7S/c1-3(5-9-13-14-10-5)2-8-6-4(7)11-15-12-6/h3H,2H2,1H3,(H,8,12)(H,9,10,13,14). The second kappa shape index (κ2) is 4.49. The van der Waals surface area contributed by atoms with Crippen molar-refractivity contribution in [2.45, 2.75) is 12.8 Å². The van der Waals surface area contributed by atoms with Gasteiger partial charge in [0.15, 0.2) is 16.8 Å². The number of anilines is 1. The number of nitrogens with zero attached hydrogens (tertiary/aromatic N) is 5. The molecule has 7 nitrogen and oxygen atoms in total. The average Bonchev–Trinajstić information content (AvgIpc) is 2.85. The van der Waals surface area contributed by atoms with E-state index in [1.807, 2.05) is 6.92 Å². The van der Waals surface area contributed by atoms with E-state index >= 15 is 0 Å². The molecule has 80 valence electrons. The fourth-order valence-corrected chi connectivity index (χ4v) is 1.69. The molecule has 0 fully saturated rings. The fraction of sp³-hybridized carbons (Fsp3) is 0.500. The summed E-state index contributed by atoms with van der Waals surface area (Å²) >= 11 is 6.84. The van der Waals surface area contributed by atoms with Crippen LogP contribution in [0.2, 0.25) is 5.15 Å². The van der Waals surface area contributed by atoms with Gasteiger partial charge in [-0.2, -0.15) is 14.0 Å². The molecule has 0 aliphatic rings. The average molecular weight is 246 g/mol. The molecule has 1 unspecified atom stereocenters. The van der Waals surface area contributed by atoms with E-state index in [4.69, 9.17) is 11.6 Å². The fourth-order valence-electron chi connectivity index (χ4n) is 1.00. The molecule has 0 radical (unpaired) electrons. The number of rotatable bonds is 4. The third-order valence-corrected chi connectivity index (χ3v) is 2.72.